The topological polar surface area (TPSA) is 94.6 Å². The summed E-state index contributed by atoms with van der Waals surface area (Å²) in [5.41, 5.74) is 1.91. The molecule has 2 heterocycles. The van der Waals surface area contributed by atoms with Crippen LogP contribution in [0, 0.1) is 0 Å². The van der Waals surface area contributed by atoms with E-state index in [9.17, 15) is 14.4 Å². The SMILES string of the molecule is CC(C)Oc1cnc2c(c1Cc1ccc(Cl)cc1)C(=O)[N+](C)(CCCOC=O)C(=O)N2. The smallest absolute Gasteiger partial charge is 0.429 e. The molecule has 1 aromatic carbocycles. The zero-order valence-electron chi connectivity index (χ0n) is 17.7. The number of nitrogens with zero attached hydrogens (tertiary/aromatic N) is 2. The van der Waals surface area contributed by atoms with Crippen LogP contribution in [-0.4, -0.2) is 54.2 Å². The van der Waals surface area contributed by atoms with Crippen molar-refractivity contribution in [3.63, 3.8) is 0 Å². The van der Waals surface area contributed by atoms with Gasteiger partial charge in [0, 0.05) is 23.4 Å². The molecule has 3 rings (SSSR count). The van der Waals surface area contributed by atoms with E-state index in [1.807, 2.05) is 26.0 Å². The highest BCUT2D eigenvalue weighted by Crippen LogP contribution is 2.35. The van der Waals surface area contributed by atoms with Crippen LogP contribution in [0.4, 0.5) is 10.6 Å². The maximum Gasteiger partial charge on any atom is 0.429 e. The van der Waals surface area contributed by atoms with E-state index < -0.39 is 10.5 Å². The molecule has 1 aromatic heterocycles. The second-order valence-corrected chi connectivity index (χ2v) is 8.20. The number of rotatable bonds is 9. The standard InChI is InChI=1S/C22H24ClN3O5/c1-14(2)31-18-12-24-20-19(17(18)11-15-5-7-16(23)8-6-15)21(28)26(3,22(29)25-20)9-4-10-30-13-27/h5-8,12-14H,4,9-11H2,1-3H3/p+1. The fourth-order valence-corrected chi connectivity index (χ4v) is 3.60. The number of halogens is 1. The van der Waals surface area contributed by atoms with Crippen LogP contribution in [0.25, 0.3) is 0 Å². The van der Waals surface area contributed by atoms with E-state index in [0.29, 0.717) is 41.2 Å². The van der Waals surface area contributed by atoms with Gasteiger partial charge in [0.1, 0.15) is 11.3 Å². The van der Waals surface area contributed by atoms with E-state index >= 15 is 0 Å². The molecule has 2 aromatic rings. The molecule has 9 heteroatoms. The van der Waals surface area contributed by atoms with Crippen molar-refractivity contribution in [1.29, 1.82) is 0 Å². The molecule has 31 heavy (non-hydrogen) atoms. The Morgan fingerprint density at radius 1 is 1.23 bits per heavy atom. The Bertz CT molecular complexity index is 993. The van der Waals surface area contributed by atoms with Gasteiger partial charge in [-0.15, -0.1) is 0 Å². The molecule has 1 N–H and O–H groups in total. The molecule has 0 spiro atoms. The minimum atomic E-state index is -0.504. The zero-order chi connectivity index (χ0) is 22.6. The first-order valence-electron chi connectivity index (χ1n) is 9.96. The summed E-state index contributed by atoms with van der Waals surface area (Å²) in [5.74, 6) is 0.328. The summed E-state index contributed by atoms with van der Waals surface area (Å²) >= 11 is 6.01. The number of carbonyl (C=O) groups excluding carboxylic acids is 3. The molecule has 1 aliphatic heterocycles. The number of fused-ring (bicyclic) bond motifs is 1. The summed E-state index contributed by atoms with van der Waals surface area (Å²) in [6, 6.07) is 6.84. The number of ether oxygens (including phenoxy) is 2. The third kappa shape index (κ3) is 4.86. The number of hydrogen-bond donors (Lipinski definition) is 1. The third-order valence-corrected chi connectivity index (χ3v) is 5.33. The van der Waals surface area contributed by atoms with Gasteiger partial charge < -0.3 is 9.47 Å². The highest BCUT2D eigenvalue weighted by Gasteiger charge is 2.48. The summed E-state index contributed by atoms with van der Waals surface area (Å²) < 4.78 is 10.1. The average molecular weight is 447 g/mol. The molecular formula is C22H25ClN3O5+. The van der Waals surface area contributed by atoms with Gasteiger partial charge in [-0.05, 0) is 31.5 Å². The quantitative estimate of drug-likeness (QED) is 0.357. The monoisotopic (exact) mass is 446 g/mol. The van der Waals surface area contributed by atoms with Crippen LogP contribution in [-0.2, 0) is 16.0 Å². The number of anilines is 1. The minimum Gasteiger partial charge on any atom is -0.489 e. The fourth-order valence-electron chi connectivity index (χ4n) is 3.47. The van der Waals surface area contributed by atoms with Gasteiger partial charge in [-0.3, -0.25) is 10.1 Å². The van der Waals surface area contributed by atoms with Crippen molar-refractivity contribution in [2.75, 3.05) is 25.5 Å². The van der Waals surface area contributed by atoms with Gasteiger partial charge in [0.05, 0.1) is 32.5 Å². The molecule has 0 radical (unpaired) electrons. The lowest BCUT2D eigenvalue weighted by Crippen LogP contribution is -2.59. The number of pyridine rings is 1. The predicted octanol–water partition coefficient (Wildman–Crippen LogP) is 3.81. The van der Waals surface area contributed by atoms with Crippen LogP contribution in [0.1, 0.15) is 41.8 Å². The van der Waals surface area contributed by atoms with Crippen molar-refractivity contribution in [3.8, 4) is 5.75 Å². The number of hydrogen-bond acceptors (Lipinski definition) is 6. The Labute approximate surface area is 185 Å². The zero-order valence-corrected chi connectivity index (χ0v) is 18.4. The Morgan fingerprint density at radius 2 is 1.94 bits per heavy atom. The van der Waals surface area contributed by atoms with Gasteiger partial charge in [0.2, 0.25) is 0 Å². The summed E-state index contributed by atoms with van der Waals surface area (Å²) in [5, 5.41) is 3.37. The Morgan fingerprint density at radius 3 is 2.58 bits per heavy atom. The molecule has 0 saturated carbocycles. The number of nitrogens with one attached hydrogen (secondary N) is 1. The largest absolute Gasteiger partial charge is 0.489 e. The van der Waals surface area contributed by atoms with Crippen LogP contribution in [0.5, 0.6) is 5.75 Å². The molecular weight excluding hydrogens is 422 g/mol. The lowest BCUT2D eigenvalue weighted by molar-refractivity contribution is -0.743. The van der Waals surface area contributed by atoms with Crippen LogP contribution >= 0.6 is 11.6 Å². The lowest BCUT2D eigenvalue weighted by Gasteiger charge is -2.33. The van der Waals surface area contributed by atoms with E-state index in [1.54, 1.807) is 19.2 Å². The van der Waals surface area contributed by atoms with Crippen LogP contribution < -0.4 is 10.1 Å². The maximum atomic E-state index is 13.6. The second-order valence-electron chi connectivity index (χ2n) is 7.77. The normalized spacial score (nSPS) is 17.8. The van der Waals surface area contributed by atoms with Crippen LogP contribution in [0.2, 0.25) is 5.02 Å². The third-order valence-electron chi connectivity index (χ3n) is 5.07. The van der Waals surface area contributed by atoms with Gasteiger partial charge >= 0.3 is 11.9 Å². The maximum absolute atomic E-state index is 13.6. The summed E-state index contributed by atoms with van der Waals surface area (Å²) in [6.07, 6.45) is 2.16. The van der Waals surface area contributed by atoms with Crippen molar-refractivity contribution in [3.05, 3.63) is 52.2 Å². The van der Waals surface area contributed by atoms with Crippen LogP contribution in [0.3, 0.4) is 0 Å². The molecule has 1 aliphatic rings. The van der Waals surface area contributed by atoms with E-state index in [4.69, 9.17) is 21.1 Å². The Balaban J connectivity index is 2.05. The van der Waals surface area contributed by atoms with Crippen LogP contribution in [0.15, 0.2) is 30.5 Å². The molecule has 0 saturated heterocycles. The highest BCUT2D eigenvalue weighted by molar-refractivity contribution is 6.30. The first-order valence-corrected chi connectivity index (χ1v) is 10.3. The average Bonchev–Trinajstić information content (AvgIpc) is 2.73. The molecule has 1 unspecified atom stereocenters. The number of benzene rings is 1. The van der Waals surface area contributed by atoms with E-state index in [-0.39, 0.29) is 31.0 Å². The van der Waals surface area contributed by atoms with Crippen molar-refractivity contribution in [1.82, 2.24) is 4.98 Å². The Hall–Kier alpha value is -2.97. The molecule has 164 valence electrons. The second kappa shape index (κ2) is 9.45. The Kier molecular flexibility index (Phi) is 6.92. The fraction of sp³-hybridized carbons (Fsp3) is 0.364. The molecule has 8 nitrogen and oxygen atoms in total. The number of urea groups is 1. The van der Waals surface area contributed by atoms with E-state index in [2.05, 4.69) is 10.3 Å². The van der Waals surface area contributed by atoms with Gasteiger partial charge in [-0.25, -0.2) is 14.6 Å². The predicted molar refractivity (Wildman–Crippen MR) is 115 cm³/mol. The summed E-state index contributed by atoms with van der Waals surface area (Å²) in [7, 11) is 1.55. The molecule has 0 fully saturated rings. The van der Waals surface area contributed by atoms with Crippen molar-refractivity contribution in [2.45, 2.75) is 32.8 Å². The summed E-state index contributed by atoms with van der Waals surface area (Å²) in [6.45, 7) is 4.42. The number of imide groups is 1. The van der Waals surface area contributed by atoms with Gasteiger partial charge in [0.15, 0.2) is 5.82 Å². The molecule has 3 amide bonds. The van der Waals surface area contributed by atoms with Gasteiger partial charge in [0.25, 0.3) is 6.47 Å². The first kappa shape index (κ1) is 22.7. The first-order chi connectivity index (χ1) is 14.8. The van der Waals surface area contributed by atoms with Gasteiger partial charge in [-0.1, -0.05) is 23.7 Å². The number of amides is 3. The molecule has 0 bridgehead atoms. The number of aromatic nitrogens is 1. The number of carbonyl (C=O) groups is 3. The van der Waals surface area contributed by atoms with Crippen molar-refractivity contribution in [2.24, 2.45) is 0 Å². The molecule has 1 atom stereocenters. The van der Waals surface area contributed by atoms with E-state index in [1.165, 1.54) is 6.20 Å². The van der Waals surface area contributed by atoms with Crippen molar-refractivity contribution < 1.29 is 28.3 Å². The van der Waals surface area contributed by atoms with E-state index in [0.717, 1.165) is 5.56 Å². The highest BCUT2D eigenvalue weighted by atomic mass is 35.5. The minimum absolute atomic E-state index is 0.122. The summed E-state index contributed by atoms with van der Waals surface area (Å²) in [4.78, 5) is 41.0. The van der Waals surface area contributed by atoms with Crippen molar-refractivity contribution >= 4 is 35.8 Å². The van der Waals surface area contributed by atoms with Gasteiger partial charge in [-0.2, -0.15) is 4.48 Å². The lowest BCUT2D eigenvalue weighted by atomic mass is 9.97. The number of quaternary nitrogens is 1. The molecule has 0 aliphatic carbocycles.